The van der Waals surface area contributed by atoms with Crippen LogP contribution in [-0.2, 0) is 9.59 Å². The molecule has 2 N–H and O–H groups in total. The summed E-state index contributed by atoms with van der Waals surface area (Å²) in [5.41, 5.74) is 1.40. The summed E-state index contributed by atoms with van der Waals surface area (Å²) >= 11 is 1.23. The molecule has 1 amide bonds. The maximum atomic E-state index is 12.3. The Morgan fingerprint density at radius 3 is 2.73 bits per heavy atom. The lowest BCUT2D eigenvalue weighted by molar-refractivity contribution is -0.137. The lowest BCUT2D eigenvalue weighted by atomic mass is 10.2. The zero-order chi connectivity index (χ0) is 21.5. The number of carbonyl (C=O) groups excluding carboxylic acids is 1. The highest BCUT2D eigenvalue weighted by molar-refractivity contribution is 8.18. The molecule has 0 unspecified atom stereocenters. The summed E-state index contributed by atoms with van der Waals surface area (Å²) in [5, 5.41) is 11.9. The third-order valence-corrected chi connectivity index (χ3v) is 4.90. The average Bonchev–Trinajstić information content (AvgIpc) is 3.07. The molecule has 9 heteroatoms. The second-order valence-corrected chi connectivity index (χ2v) is 7.12. The van der Waals surface area contributed by atoms with Crippen molar-refractivity contribution in [2.24, 2.45) is 4.99 Å². The topological polar surface area (TPSA) is 106 Å². The number of aliphatic carboxylic acids is 1. The molecule has 3 rings (SSSR count). The van der Waals surface area contributed by atoms with Gasteiger partial charge in [0.15, 0.2) is 16.7 Å². The van der Waals surface area contributed by atoms with E-state index in [0.717, 1.165) is 5.56 Å². The first-order valence-electron chi connectivity index (χ1n) is 8.95. The Morgan fingerprint density at radius 1 is 1.17 bits per heavy atom. The highest BCUT2D eigenvalue weighted by atomic mass is 32.2. The van der Waals surface area contributed by atoms with Gasteiger partial charge in [0.05, 0.1) is 37.8 Å². The number of carboxylic acids is 1. The van der Waals surface area contributed by atoms with Crippen LogP contribution in [0.1, 0.15) is 12.0 Å². The zero-order valence-electron chi connectivity index (χ0n) is 16.4. The summed E-state index contributed by atoms with van der Waals surface area (Å²) < 4.78 is 15.9. The summed E-state index contributed by atoms with van der Waals surface area (Å²) in [6.45, 7) is 0.0362. The quantitative estimate of drug-likeness (QED) is 0.620. The molecule has 0 aliphatic carbocycles. The number of aliphatic imine (C=N–C) groups is 1. The fraction of sp³-hybridized carbons (Fsp3) is 0.190. The molecule has 2 aromatic rings. The molecule has 0 atom stereocenters. The van der Waals surface area contributed by atoms with E-state index in [1.54, 1.807) is 37.5 Å². The van der Waals surface area contributed by atoms with Crippen LogP contribution in [-0.4, -0.2) is 43.0 Å². The number of hydrogen-bond acceptors (Lipinski definition) is 7. The number of nitrogens with one attached hydrogen (secondary N) is 1. The van der Waals surface area contributed by atoms with Gasteiger partial charge >= 0.3 is 5.97 Å². The lowest BCUT2D eigenvalue weighted by Crippen LogP contribution is -2.19. The van der Waals surface area contributed by atoms with Crippen LogP contribution < -0.4 is 19.5 Å². The molecule has 8 nitrogen and oxygen atoms in total. The standard InChI is InChI=1S/C21H20N2O6S/c1-27-15-5-3-4-14(12-15)22-21-23-20(26)18(30-21)11-13-6-7-16(17(10-13)28-2)29-9-8-19(24)25/h3-7,10-12H,8-9H2,1-2H3,(H,24,25)(H,22,23,26)/b18-11+. The Kier molecular flexibility index (Phi) is 6.97. The summed E-state index contributed by atoms with van der Waals surface area (Å²) in [6, 6.07) is 12.4. The second-order valence-electron chi connectivity index (χ2n) is 6.09. The smallest absolute Gasteiger partial charge is 0.306 e. The molecule has 156 valence electrons. The molecule has 0 saturated carbocycles. The first kappa shape index (κ1) is 21.3. The van der Waals surface area contributed by atoms with E-state index in [1.807, 2.05) is 18.2 Å². The van der Waals surface area contributed by atoms with Gasteiger partial charge in [0.25, 0.3) is 5.91 Å². The number of benzene rings is 2. The molecule has 1 fully saturated rings. The molecule has 0 radical (unpaired) electrons. The van der Waals surface area contributed by atoms with Gasteiger partial charge in [-0.1, -0.05) is 12.1 Å². The molecule has 2 aromatic carbocycles. The van der Waals surface area contributed by atoms with Crippen molar-refractivity contribution in [3.8, 4) is 17.2 Å². The summed E-state index contributed by atoms with van der Waals surface area (Å²) in [5.74, 6) is 0.376. The number of thioether (sulfide) groups is 1. The van der Waals surface area contributed by atoms with Crippen LogP contribution in [0.4, 0.5) is 5.69 Å². The third-order valence-electron chi connectivity index (χ3n) is 3.99. The Hall–Kier alpha value is -3.46. The number of amides is 1. The van der Waals surface area contributed by atoms with Crippen molar-refractivity contribution in [3.63, 3.8) is 0 Å². The number of amidine groups is 1. The maximum absolute atomic E-state index is 12.3. The molecule has 1 aliphatic heterocycles. The molecule has 1 aliphatic rings. The fourth-order valence-electron chi connectivity index (χ4n) is 2.57. The second kappa shape index (κ2) is 9.84. The highest BCUT2D eigenvalue weighted by Crippen LogP contribution is 2.32. The van der Waals surface area contributed by atoms with E-state index in [-0.39, 0.29) is 18.9 Å². The van der Waals surface area contributed by atoms with Crippen LogP contribution in [0.25, 0.3) is 6.08 Å². The van der Waals surface area contributed by atoms with E-state index in [0.29, 0.717) is 33.0 Å². The van der Waals surface area contributed by atoms with Gasteiger partial charge in [-0.05, 0) is 47.7 Å². The summed E-state index contributed by atoms with van der Waals surface area (Å²) in [6.07, 6.45) is 1.61. The van der Waals surface area contributed by atoms with Crippen LogP contribution in [0.15, 0.2) is 52.4 Å². The normalized spacial score (nSPS) is 15.9. The number of carboxylic acid groups (broad SMARTS) is 1. The number of methoxy groups -OCH3 is 2. The van der Waals surface area contributed by atoms with Gasteiger partial charge in [0, 0.05) is 6.07 Å². The lowest BCUT2D eigenvalue weighted by Gasteiger charge is -2.10. The zero-order valence-corrected chi connectivity index (χ0v) is 17.2. The monoisotopic (exact) mass is 428 g/mol. The molecule has 30 heavy (non-hydrogen) atoms. The summed E-state index contributed by atoms with van der Waals surface area (Å²) in [7, 11) is 3.07. The minimum atomic E-state index is -0.939. The van der Waals surface area contributed by atoms with Gasteiger partial charge in [0.2, 0.25) is 0 Å². The van der Waals surface area contributed by atoms with Gasteiger partial charge in [0.1, 0.15) is 5.75 Å². The van der Waals surface area contributed by atoms with E-state index in [2.05, 4.69) is 10.3 Å². The van der Waals surface area contributed by atoms with E-state index >= 15 is 0 Å². The molecular weight excluding hydrogens is 408 g/mol. The third kappa shape index (κ3) is 5.54. The van der Waals surface area contributed by atoms with Crippen molar-refractivity contribution >= 4 is 40.6 Å². The first-order valence-corrected chi connectivity index (χ1v) is 9.76. The first-order chi connectivity index (χ1) is 14.5. The van der Waals surface area contributed by atoms with Crippen molar-refractivity contribution in [3.05, 3.63) is 52.9 Å². The van der Waals surface area contributed by atoms with Crippen molar-refractivity contribution in [1.82, 2.24) is 5.32 Å². The van der Waals surface area contributed by atoms with Gasteiger partial charge in [-0.25, -0.2) is 4.99 Å². The van der Waals surface area contributed by atoms with E-state index in [1.165, 1.54) is 18.9 Å². The highest BCUT2D eigenvalue weighted by Gasteiger charge is 2.24. The van der Waals surface area contributed by atoms with Crippen LogP contribution in [0.5, 0.6) is 17.2 Å². The van der Waals surface area contributed by atoms with Crippen molar-refractivity contribution in [2.45, 2.75) is 6.42 Å². The van der Waals surface area contributed by atoms with E-state index in [9.17, 15) is 9.59 Å². The minimum absolute atomic E-state index is 0.0362. The maximum Gasteiger partial charge on any atom is 0.306 e. The molecule has 1 saturated heterocycles. The van der Waals surface area contributed by atoms with Crippen LogP contribution >= 0.6 is 11.8 Å². The number of hydrogen-bond donors (Lipinski definition) is 2. The minimum Gasteiger partial charge on any atom is -0.497 e. The molecule has 0 spiro atoms. The van der Waals surface area contributed by atoms with Crippen LogP contribution in [0, 0.1) is 0 Å². The predicted octanol–water partition coefficient (Wildman–Crippen LogP) is 3.45. The number of nitrogens with zero attached hydrogens (tertiary/aromatic N) is 1. The van der Waals surface area contributed by atoms with E-state index in [4.69, 9.17) is 19.3 Å². The van der Waals surface area contributed by atoms with Crippen molar-refractivity contribution in [2.75, 3.05) is 20.8 Å². The van der Waals surface area contributed by atoms with Crippen molar-refractivity contribution < 1.29 is 28.9 Å². The molecule has 1 heterocycles. The van der Waals surface area contributed by atoms with Crippen LogP contribution in [0.3, 0.4) is 0 Å². The number of ether oxygens (including phenoxy) is 3. The molecular formula is C21H20N2O6S. The predicted molar refractivity (Wildman–Crippen MR) is 115 cm³/mol. The Morgan fingerprint density at radius 2 is 2.00 bits per heavy atom. The molecule has 0 bridgehead atoms. The fourth-order valence-corrected chi connectivity index (χ4v) is 3.41. The largest absolute Gasteiger partial charge is 0.497 e. The number of carbonyl (C=O) groups is 2. The van der Waals surface area contributed by atoms with Crippen LogP contribution in [0.2, 0.25) is 0 Å². The average molecular weight is 428 g/mol. The Bertz CT molecular complexity index is 1020. The SMILES string of the molecule is COc1cccc(N=C2NC(=O)/C(=C\c3ccc(OCCC(=O)O)c(OC)c3)S2)c1. The Labute approximate surface area is 177 Å². The molecule has 0 aromatic heterocycles. The summed E-state index contributed by atoms with van der Waals surface area (Å²) in [4.78, 5) is 27.9. The van der Waals surface area contributed by atoms with E-state index < -0.39 is 5.97 Å². The van der Waals surface area contributed by atoms with Gasteiger partial charge in [-0.2, -0.15) is 0 Å². The van der Waals surface area contributed by atoms with Gasteiger partial charge < -0.3 is 24.6 Å². The number of rotatable bonds is 8. The van der Waals surface area contributed by atoms with Gasteiger partial charge in [-0.15, -0.1) is 0 Å². The van der Waals surface area contributed by atoms with Gasteiger partial charge in [-0.3, -0.25) is 9.59 Å². The van der Waals surface area contributed by atoms with Crippen molar-refractivity contribution in [1.29, 1.82) is 0 Å². The Balaban J connectivity index is 1.75.